The molecule has 4 nitrogen and oxygen atoms in total. The summed E-state index contributed by atoms with van der Waals surface area (Å²) in [5.41, 5.74) is 0.820. The van der Waals surface area contributed by atoms with Crippen LogP contribution in [0.1, 0.15) is 5.89 Å². The van der Waals surface area contributed by atoms with Crippen LogP contribution in [0.2, 0.25) is 0 Å². The van der Waals surface area contributed by atoms with Crippen molar-refractivity contribution in [2.75, 3.05) is 5.88 Å². The van der Waals surface area contributed by atoms with E-state index in [-0.39, 0.29) is 0 Å². The number of alkyl halides is 1. The first-order chi connectivity index (χ1) is 6.90. The Morgan fingerprint density at radius 1 is 1.36 bits per heavy atom. The normalized spacial score (nSPS) is 10.4. The van der Waals surface area contributed by atoms with Crippen LogP contribution in [-0.2, 0) is 6.42 Å². The van der Waals surface area contributed by atoms with Gasteiger partial charge in [0.1, 0.15) is 0 Å². The highest BCUT2D eigenvalue weighted by Gasteiger charge is 2.07. The molecule has 0 aliphatic heterocycles. The summed E-state index contributed by atoms with van der Waals surface area (Å²) in [7, 11) is 0. The molecule has 0 aliphatic carbocycles. The van der Waals surface area contributed by atoms with Gasteiger partial charge in [-0.25, -0.2) is 0 Å². The van der Waals surface area contributed by atoms with E-state index in [9.17, 15) is 0 Å². The van der Waals surface area contributed by atoms with Crippen LogP contribution in [0.3, 0.4) is 0 Å². The molecule has 2 heterocycles. The van der Waals surface area contributed by atoms with Gasteiger partial charge in [-0.3, -0.25) is 4.98 Å². The zero-order chi connectivity index (χ0) is 9.80. The quantitative estimate of drug-likeness (QED) is 0.725. The molecule has 0 N–H and O–H groups in total. The molecule has 0 aliphatic rings. The van der Waals surface area contributed by atoms with Crippen molar-refractivity contribution in [1.29, 1.82) is 0 Å². The number of pyridine rings is 1. The number of halogens is 1. The van der Waals surface area contributed by atoms with Crippen LogP contribution in [0.4, 0.5) is 0 Å². The van der Waals surface area contributed by atoms with Crippen LogP contribution in [0.25, 0.3) is 11.5 Å². The van der Waals surface area contributed by atoms with Crippen LogP contribution in [0.15, 0.2) is 28.9 Å². The van der Waals surface area contributed by atoms with E-state index in [2.05, 4.69) is 15.2 Å². The van der Waals surface area contributed by atoms with Gasteiger partial charge in [0.05, 0.1) is 5.56 Å². The summed E-state index contributed by atoms with van der Waals surface area (Å²) < 4.78 is 5.36. The summed E-state index contributed by atoms with van der Waals surface area (Å²) in [5, 5.41) is 7.74. The number of hydrogen-bond donors (Lipinski definition) is 0. The molecule has 0 radical (unpaired) electrons. The van der Waals surface area contributed by atoms with Crippen LogP contribution in [0, 0.1) is 0 Å². The smallest absolute Gasteiger partial charge is 0.249 e. The lowest BCUT2D eigenvalue weighted by Crippen LogP contribution is -1.84. The van der Waals surface area contributed by atoms with Crippen molar-refractivity contribution in [3.05, 3.63) is 30.4 Å². The summed E-state index contributed by atoms with van der Waals surface area (Å²) in [6, 6.07) is 3.69. The van der Waals surface area contributed by atoms with Crippen molar-refractivity contribution in [2.45, 2.75) is 6.42 Å². The van der Waals surface area contributed by atoms with Crippen LogP contribution in [0.5, 0.6) is 0 Å². The molecule has 0 atom stereocenters. The number of hydrogen-bond acceptors (Lipinski definition) is 4. The molecule has 0 amide bonds. The maximum absolute atomic E-state index is 5.55. The molecule has 0 bridgehead atoms. The van der Waals surface area contributed by atoms with Crippen LogP contribution < -0.4 is 0 Å². The molecular weight excluding hydrogens is 202 g/mol. The summed E-state index contributed by atoms with van der Waals surface area (Å²) in [6.07, 6.45) is 3.96. The first kappa shape index (κ1) is 9.15. The fourth-order valence-corrected chi connectivity index (χ4v) is 1.20. The van der Waals surface area contributed by atoms with E-state index in [1.165, 1.54) is 0 Å². The van der Waals surface area contributed by atoms with E-state index < -0.39 is 0 Å². The largest absolute Gasteiger partial charge is 0.421 e. The molecule has 2 aromatic rings. The third-order valence-electron chi connectivity index (χ3n) is 1.68. The monoisotopic (exact) mass is 209 g/mol. The molecule has 72 valence electrons. The molecule has 2 aromatic heterocycles. The van der Waals surface area contributed by atoms with Gasteiger partial charge in [0.25, 0.3) is 0 Å². The SMILES string of the molecule is ClCCc1nnc(-c2cccnc2)o1. The number of aromatic nitrogens is 3. The van der Waals surface area contributed by atoms with Crippen LogP contribution >= 0.6 is 11.6 Å². The summed E-state index contributed by atoms with van der Waals surface area (Å²) in [6.45, 7) is 0. The molecule has 14 heavy (non-hydrogen) atoms. The lowest BCUT2D eigenvalue weighted by Gasteiger charge is -1.90. The maximum Gasteiger partial charge on any atom is 0.249 e. The van der Waals surface area contributed by atoms with Crippen molar-refractivity contribution >= 4 is 11.6 Å². The molecule has 0 saturated carbocycles. The van der Waals surface area contributed by atoms with Crippen molar-refractivity contribution in [2.24, 2.45) is 0 Å². The Labute approximate surface area is 85.9 Å². The van der Waals surface area contributed by atoms with E-state index >= 15 is 0 Å². The van der Waals surface area contributed by atoms with E-state index in [4.69, 9.17) is 16.0 Å². The molecular formula is C9H8ClN3O. The molecule has 2 rings (SSSR count). The summed E-state index contributed by atoms with van der Waals surface area (Å²) in [5.74, 6) is 1.52. The molecule has 0 unspecified atom stereocenters. The van der Waals surface area contributed by atoms with Gasteiger partial charge in [0.2, 0.25) is 11.8 Å². The Morgan fingerprint density at radius 2 is 2.29 bits per heavy atom. The van der Waals surface area contributed by atoms with Crippen molar-refractivity contribution in [3.8, 4) is 11.5 Å². The lowest BCUT2D eigenvalue weighted by molar-refractivity contribution is 0.513. The third-order valence-corrected chi connectivity index (χ3v) is 1.87. The van der Waals surface area contributed by atoms with Crippen LogP contribution in [-0.4, -0.2) is 21.1 Å². The Morgan fingerprint density at radius 3 is 3.00 bits per heavy atom. The highest BCUT2D eigenvalue weighted by molar-refractivity contribution is 6.17. The van der Waals surface area contributed by atoms with E-state index in [0.29, 0.717) is 24.1 Å². The highest BCUT2D eigenvalue weighted by Crippen LogP contribution is 2.15. The zero-order valence-electron chi connectivity index (χ0n) is 7.35. The van der Waals surface area contributed by atoms with Gasteiger partial charge >= 0.3 is 0 Å². The Balaban J connectivity index is 2.25. The third kappa shape index (κ3) is 1.90. The Bertz CT molecular complexity index is 401. The zero-order valence-corrected chi connectivity index (χ0v) is 8.11. The van der Waals surface area contributed by atoms with E-state index in [1.807, 2.05) is 12.1 Å². The number of nitrogens with zero attached hydrogens (tertiary/aromatic N) is 3. The van der Waals surface area contributed by atoms with Crippen molar-refractivity contribution in [3.63, 3.8) is 0 Å². The molecule has 0 spiro atoms. The van der Waals surface area contributed by atoms with Gasteiger partial charge in [0, 0.05) is 24.7 Å². The second-order valence-electron chi connectivity index (χ2n) is 2.68. The molecule has 0 fully saturated rings. The minimum atomic E-state index is 0.481. The average Bonchev–Trinajstić information content (AvgIpc) is 2.68. The number of aryl methyl sites for hydroxylation is 1. The minimum Gasteiger partial charge on any atom is -0.421 e. The van der Waals surface area contributed by atoms with Gasteiger partial charge < -0.3 is 4.42 Å². The predicted octanol–water partition coefficient (Wildman–Crippen LogP) is 1.91. The number of rotatable bonds is 3. The molecule has 0 aromatic carbocycles. The second kappa shape index (κ2) is 4.19. The first-order valence-electron chi connectivity index (χ1n) is 4.19. The molecule has 0 saturated heterocycles. The van der Waals surface area contributed by atoms with Gasteiger partial charge in [-0.15, -0.1) is 21.8 Å². The highest BCUT2D eigenvalue weighted by atomic mass is 35.5. The summed E-state index contributed by atoms with van der Waals surface area (Å²) >= 11 is 5.55. The lowest BCUT2D eigenvalue weighted by atomic mass is 10.3. The second-order valence-corrected chi connectivity index (χ2v) is 3.06. The summed E-state index contributed by atoms with van der Waals surface area (Å²) in [4.78, 5) is 3.96. The Kier molecular flexibility index (Phi) is 2.74. The van der Waals surface area contributed by atoms with E-state index in [1.54, 1.807) is 12.4 Å². The molecule has 5 heteroatoms. The maximum atomic E-state index is 5.55. The fraction of sp³-hybridized carbons (Fsp3) is 0.222. The van der Waals surface area contributed by atoms with Gasteiger partial charge in [-0.1, -0.05) is 0 Å². The fourth-order valence-electron chi connectivity index (χ4n) is 1.04. The average molecular weight is 210 g/mol. The Hall–Kier alpha value is -1.42. The van der Waals surface area contributed by atoms with Gasteiger partial charge in [-0.2, -0.15) is 0 Å². The first-order valence-corrected chi connectivity index (χ1v) is 4.72. The topological polar surface area (TPSA) is 51.8 Å². The van der Waals surface area contributed by atoms with Gasteiger partial charge in [0.15, 0.2) is 0 Å². The predicted molar refractivity (Wildman–Crippen MR) is 52.0 cm³/mol. The van der Waals surface area contributed by atoms with E-state index in [0.717, 1.165) is 5.56 Å². The van der Waals surface area contributed by atoms with Crippen molar-refractivity contribution < 1.29 is 4.42 Å². The van der Waals surface area contributed by atoms with Crippen molar-refractivity contribution in [1.82, 2.24) is 15.2 Å². The van der Waals surface area contributed by atoms with Gasteiger partial charge in [-0.05, 0) is 12.1 Å². The minimum absolute atomic E-state index is 0.481. The standard InChI is InChI=1S/C9H8ClN3O/c10-4-3-8-12-13-9(14-8)7-2-1-5-11-6-7/h1-2,5-6H,3-4H2.